The van der Waals surface area contributed by atoms with Crippen LogP contribution in [0.3, 0.4) is 0 Å². The SMILES string of the molecule is CC12CCC(CC1=C[C@H]1C3=C(CCCC3=O)Nc3ccc4ccccc4c31)C2(C)C. The zero-order valence-corrected chi connectivity index (χ0v) is 18.3. The van der Waals surface area contributed by atoms with Crippen molar-refractivity contribution in [2.75, 3.05) is 5.32 Å². The zero-order valence-electron chi connectivity index (χ0n) is 18.3. The number of ketones is 1. The van der Waals surface area contributed by atoms with Crippen molar-refractivity contribution in [1.82, 2.24) is 0 Å². The first kappa shape index (κ1) is 18.4. The van der Waals surface area contributed by atoms with Crippen LogP contribution in [0.1, 0.15) is 70.8 Å². The summed E-state index contributed by atoms with van der Waals surface area (Å²) in [5.41, 5.74) is 6.91. The number of fused-ring (bicyclic) bond motifs is 5. The lowest BCUT2D eigenvalue weighted by Gasteiger charge is -2.38. The van der Waals surface area contributed by atoms with Crippen LogP contribution < -0.4 is 5.32 Å². The van der Waals surface area contributed by atoms with Crippen LogP contribution in [0.2, 0.25) is 0 Å². The van der Waals surface area contributed by atoms with E-state index >= 15 is 0 Å². The van der Waals surface area contributed by atoms with Crippen molar-refractivity contribution in [3.8, 4) is 0 Å². The zero-order chi connectivity index (χ0) is 20.7. The molecule has 1 heterocycles. The van der Waals surface area contributed by atoms with E-state index in [0.717, 1.165) is 24.3 Å². The highest BCUT2D eigenvalue weighted by Gasteiger charge is 2.58. The molecule has 2 saturated carbocycles. The summed E-state index contributed by atoms with van der Waals surface area (Å²) in [4.78, 5) is 13.2. The van der Waals surface area contributed by atoms with Gasteiger partial charge < -0.3 is 5.32 Å². The van der Waals surface area contributed by atoms with E-state index in [2.05, 4.69) is 68.6 Å². The third-order valence-corrected chi connectivity index (χ3v) is 9.31. The molecule has 30 heavy (non-hydrogen) atoms. The lowest BCUT2D eigenvalue weighted by molar-refractivity contribution is -0.116. The van der Waals surface area contributed by atoms with E-state index in [1.807, 2.05) is 0 Å². The van der Waals surface area contributed by atoms with Crippen molar-refractivity contribution in [2.24, 2.45) is 16.7 Å². The Morgan fingerprint density at radius 1 is 1.07 bits per heavy atom. The van der Waals surface area contributed by atoms with Crippen molar-refractivity contribution < 1.29 is 4.79 Å². The molecular weight excluding hydrogens is 366 g/mol. The fourth-order valence-corrected chi connectivity index (χ4v) is 7.04. The van der Waals surface area contributed by atoms with Gasteiger partial charge in [-0.25, -0.2) is 0 Å². The van der Waals surface area contributed by atoms with Crippen molar-refractivity contribution in [3.05, 3.63) is 64.9 Å². The van der Waals surface area contributed by atoms with Gasteiger partial charge in [0.25, 0.3) is 0 Å². The highest BCUT2D eigenvalue weighted by Crippen LogP contribution is 2.68. The highest BCUT2D eigenvalue weighted by molar-refractivity contribution is 6.03. The fourth-order valence-electron chi connectivity index (χ4n) is 7.04. The number of anilines is 1. The van der Waals surface area contributed by atoms with E-state index in [0.29, 0.717) is 17.6 Å². The standard InChI is InChI=1S/C28H31NO/c1-27(2)18-13-14-28(27,3)19(15-18)16-21-25-20-8-5-4-7-17(20)11-12-23(25)29-22-9-6-10-24(30)26(21)22/h4-5,7-8,11-12,16,18,21,29H,6,9-10,13-15H2,1-3H3/t18?,21-,28?/m1/s1. The molecule has 0 saturated heterocycles. The van der Waals surface area contributed by atoms with E-state index in [9.17, 15) is 4.79 Å². The Labute approximate surface area is 179 Å². The summed E-state index contributed by atoms with van der Waals surface area (Å²) in [6.45, 7) is 7.41. The number of carbonyl (C=O) groups is 1. The molecule has 2 heteroatoms. The maximum Gasteiger partial charge on any atom is 0.161 e. The Balaban J connectivity index is 1.59. The largest absolute Gasteiger partial charge is 0.358 e. The second kappa shape index (κ2) is 6.09. The van der Waals surface area contributed by atoms with Gasteiger partial charge in [-0.1, -0.05) is 62.8 Å². The quantitative estimate of drug-likeness (QED) is 0.519. The fraction of sp³-hybridized carbons (Fsp3) is 0.464. The monoisotopic (exact) mass is 397 g/mol. The maximum atomic E-state index is 13.2. The van der Waals surface area contributed by atoms with Gasteiger partial charge in [-0.3, -0.25) is 4.79 Å². The molecule has 2 aromatic rings. The van der Waals surface area contributed by atoms with Gasteiger partial charge in [0.15, 0.2) is 5.78 Å². The summed E-state index contributed by atoms with van der Waals surface area (Å²) in [6.07, 6.45) is 8.99. The molecule has 3 aliphatic carbocycles. The van der Waals surface area contributed by atoms with E-state index in [1.165, 1.54) is 47.0 Å². The van der Waals surface area contributed by atoms with Crippen LogP contribution in [0.15, 0.2) is 59.3 Å². The van der Waals surface area contributed by atoms with Crippen LogP contribution in [0.25, 0.3) is 10.8 Å². The van der Waals surface area contributed by atoms with Crippen LogP contribution in [0.5, 0.6) is 0 Å². The highest BCUT2D eigenvalue weighted by atomic mass is 16.1. The van der Waals surface area contributed by atoms with E-state index < -0.39 is 0 Å². The first-order valence-electron chi connectivity index (χ1n) is 11.7. The Bertz CT molecular complexity index is 1150. The number of rotatable bonds is 1. The molecule has 2 aromatic carbocycles. The smallest absolute Gasteiger partial charge is 0.161 e. The Morgan fingerprint density at radius 3 is 2.67 bits per heavy atom. The molecule has 2 nitrogen and oxygen atoms in total. The van der Waals surface area contributed by atoms with Gasteiger partial charge in [-0.05, 0) is 71.3 Å². The summed E-state index contributed by atoms with van der Waals surface area (Å²) in [7, 11) is 0. The van der Waals surface area contributed by atoms with Gasteiger partial charge in [-0.15, -0.1) is 0 Å². The summed E-state index contributed by atoms with van der Waals surface area (Å²) >= 11 is 0. The van der Waals surface area contributed by atoms with Gasteiger partial charge >= 0.3 is 0 Å². The maximum absolute atomic E-state index is 13.2. The topological polar surface area (TPSA) is 29.1 Å². The van der Waals surface area contributed by atoms with Gasteiger partial charge in [0.05, 0.1) is 0 Å². The minimum Gasteiger partial charge on any atom is -0.358 e. The summed E-state index contributed by atoms with van der Waals surface area (Å²) in [6, 6.07) is 13.1. The summed E-state index contributed by atoms with van der Waals surface area (Å²) in [5, 5.41) is 6.20. The Hall–Kier alpha value is -2.35. The minimum atomic E-state index is 0.0807. The molecule has 6 rings (SSSR count). The van der Waals surface area contributed by atoms with Crippen LogP contribution in [-0.2, 0) is 4.79 Å². The molecule has 2 bridgehead atoms. The second-order valence-electron chi connectivity index (χ2n) is 10.7. The van der Waals surface area contributed by atoms with Crippen LogP contribution in [0.4, 0.5) is 5.69 Å². The number of nitrogens with one attached hydrogen (secondary N) is 1. The van der Waals surface area contributed by atoms with Gasteiger partial charge in [0.2, 0.25) is 0 Å². The predicted octanol–water partition coefficient (Wildman–Crippen LogP) is 7.13. The van der Waals surface area contributed by atoms with Crippen molar-refractivity contribution in [2.45, 2.75) is 65.2 Å². The molecule has 0 radical (unpaired) electrons. The molecule has 1 aliphatic heterocycles. The molecule has 1 N–H and O–H groups in total. The number of allylic oxidation sites excluding steroid dienone is 4. The number of hydrogen-bond donors (Lipinski definition) is 1. The second-order valence-corrected chi connectivity index (χ2v) is 10.7. The average Bonchev–Trinajstić information content (AvgIpc) is 3.07. The third kappa shape index (κ3) is 2.28. The number of carbonyl (C=O) groups excluding carboxylic acids is 1. The molecular formula is C28H31NO. The van der Waals surface area contributed by atoms with Crippen LogP contribution >= 0.6 is 0 Å². The molecule has 4 aliphatic rings. The third-order valence-electron chi connectivity index (χ3n) is 9.31. The van der Waals surface area contributed by atoms with Gasteiger partial charge in [0.1, 0.15) is 0 Å². The molecule has 2 unspecified atom stereocenters. The lowest BCUT2D eigenvalue weighted by Crippen LogP contribution is -2.29. The predicted molar refractivity (Wildman–Crippen MR) is 124 cm³/mol. The van der Waals surface area contributed by atoms with Gasteiger partial charge in [0, 0.05) is 29.3 Å². The van der Waals surface area contributed by atoms with Crippen LogP contribution in [-0.4, -0.2) is 5.78 Å². The normalized spacial score (nSPS) is 33.0. The first-order valence-corrected chi connectivity index (χ1v) is 11.7. The number of benzene rings is 2. The van der Waals surface area contributed by atoms with E-state index in [1.54, 1.807) is 5.57 Å². The lowest BCUT2D eigenvalue weighted by atomic mass is 9.67. The minimum absolute atomic E-state index is 0.0807. The number of hydrogen-bond acceptors (Lipinski definition) is 2. The average molecular weight is 398 g/mol. The summed E-state index contributed by atoms with van der Waals surface area (Å²) in [5.74, 6) is 1.20. The molecule has 154 valence electrons. The van der Waals surface area contributed by atoms with Crippen molar-refractivity contribution in [3.63, 3.8) is 0 Å². The number of Topliss-reactive ketones (excluding diaryl/α,β-unsaturated/α-hetero) is 1. The Morgan fingerprint density at radius 2 is 1.90 bits per heavy atom. The molecule has 3 atom stereocenters. The van der Waals surface area contributed by atoms with Crippen LogP contribution in [0, 0.1) is 16.7 Å². The van der Waals surface area contributed by atoms with Gasteiger partial charge in [-0.2, -0.15) is 0 Å². The Kier molecular flexibility index (Phi) is 3.74. The summed E-state index contributed by atoms with van der Waals surface area (Å²) < 4.78 is 0. The van der Waals surface area contributed by atoms with Crippen molar-refractivity contribution >= 4 is 22.2 Å². The molecule has 2 fully saturated rings. The van der Waals surface area contributed by atoms with E-state index in [4.69, 9.17) is 0 Å². The van der Waals surface area contributed by atoms with Crippen molar-refractivity contribution in [1.29, 1.82) is 0 Å². The molecule has 0 spiro atoms. The molecule has 0 aromatic heterocycles. The molecule has 0 amide bonds. The first-order chi connectivity index (χ1) is 14.4. The van der Waals surface area contributed by atoms with E-state index in [-0.39, 0.29) is 11.3 Å².